The number of carbonyl (C=O) groups is 2. The predicted molar refractivity (Wildman–Crippen MR) is 108 cm³/mol. The molecule has 0 N–H and O–H groups in total. The fourth-order valence-electron chi connectivity index (χ4n) is 4.34. The molecule has 0 atom stereocenters. The van der Waals surface area contributed by atoms with E-state index in [1.165, 1.54) is 0 Å². The summed E-state index contributed by atoms with van der Waals surface area (Å²) in [6, 6.07) is 10.6. The molecular weight excluding hydrogens is 386 g/mol. The van der Waals surface area contributed by atoms with Crippen molar-refractivity contribution in [1.82, 2.24) is 4.90 Å². The monoisotopic (exact) mass is 409 g/mol. The summed E-state index contributed by atoms with van der Waals surface area (Å²) in [5.41, 5.74) is 0.603. The van der Waals surface area contributed by atoms with Gasteiger partial charge >= 0.3 is 0 Å². The van der Waals surface area contributed by atoms with Crippen LogP contribution in [0.25, 0.3) is 0 Å². The smallest absolute Gasteiger partial charge is 0.253 e. The van der Waals surface area contributed by atoms with Crippen LogP contribution in [0.15, 0.2) is 36.4 Å². The summed E-state index contributed by atoms with van der Waals surface area (Å²) in [7, 11) is 0. The Labute approximate surface area is 174 Å². The summed E-state index contributed by atoms with van der Waals surface area (Å²) in [4.78, 5) is 27.5. The van der Waals surface area contributed by atoms with Gasteiger partial charge in [0.15, 0.2) is 17.3 Å². The molecule has 0 saturated carbocycles. The number of ketones is 1. The van der Waals surface area contributed by atoms with Gasteiger partial charge in [-0.3, -0.25) is 9.59 Å². The average Bonchev–Trinajstić information content (AvgIpc) is 3.22. The first-order valence-electron chi connectivity index (χ1n) is 10.2. The van der Waals surface area contributed by atoms with Gasteiger partial charge in [0.2, 0.25) is 6.79 Å². The zero-order chi connectivity index (χ0) is 20.7. The topological polar surface area (TPSA) is 74.3 Å². The highest BCUT2D eigenvalue weighted by Gasteiger charge is 2.44. The van der Waals surface area contributed by atoms with E-state index >= 15 is 0 Å². The predicted octanol–water partition coefficient (Wildman–Crippen LogP) is 3.45. The summed E-state index contributed by atoms with van der Waals surface area (Å²) in [6.45, 7) is 3.70. The lowest BCUT2D eigenvalue weighted by molar-refractivity contribution is -0.00583. The van der Waals surface area contributed by atoms with Crippen molar-refractivity contribution in [3.63, 3.8) is 0 Å². The summed E-state index contributed by atoms with van der Waals surface area (Å²) in [5, 5.41) is 0. The Morgan fingerprint density at radius 1 is 1.07 bits per heavy atom. The molecule has 1 fully saturated rings. The largest absolute Gasteiger partial charge is 0.494 e. The quantitative estimate of drug-likeness (QED) is 0.773. The van der Waals surface area contributed by atoms with Gasteiger partial charge < -0.3 is 23.8 Å². The molecular formula is C23H23NO6. The van der Waals surface area contributed by atoms with Gasteiger partial charge in [-0.1, -0.05) is 0 Å². The van der Waals surface area contributed by atoms with Crippen molar-refractivity contribution in [2.75, 3.05) is 26.5 Å². The molecule has 0 aromatic heterocycles. The van der Waals surface area contributed by atoms with Gasteiger partial charge in [0.1, 0.15) is 17.1 Å². The average molecular weight is 409 g/mol. The zero-order valence-electron chi connectivity index (χ0n) is 16.8. The molecule has 30 heavy (non-hydrogen) atoms. The maximum absolute atomic E-state index is 13.0. The Bertz CT molecular complexity index is 1010. The molecule has 0 aliphatic carbocycles. The van der Waals surface area contributed by atoms with Crippen LogP contribution in [-0.4, -0.2) is 48.7 Å². The van der Waals surface area contributed by atoms with E-state index in [2.05, 4.69) is 0 Å². The first kappa shape index (κ1) is 18.8. The zero-order valence-corrected chi connectivity index (χ0v) is 16.8. The Hall–Kier alpha value is -3.22. The van der Waals surface area contributed by atoms with E-state index in [1.54, 1.807) is 36.4 Å². The van der Waals surface area contributed by atoms with Crippen LogP contribution in [-0.2, 0) is 0 Å². The molecule has 2 aromatic rings. The molecule has 1 saturated heterocycles. The molecule has 7 heteroatoms. The second-order valence-corrected chi connectivity index (χ2v) is 7.84. The standard InChI is InChI=1S/C23H23NO6/c1-2-27-16-4-5-17-18(25)13-23(30-20(17)12-16)7-9-24(10-8-23)22(26)15-3-6-19-21(11-15)29-14-28-19/h3-6,11-12H,2,7-10,13-14H2,1H3. The lowest BCUT2D eigenvalue weighted by Crippen LogP contribution is -2.52. The molecule has 7 nitrogen and oxygen atoms in total. The number of ether oxygens (including phenoxy) is 4. The summed E-state index contributed by atoms with van der Waals surface area (Å²) >= 11 is 0. The highest BCUT2D eigenvalue weighted by Crippen LogP contribution is 2.41. The first-order chi connectivity index (χ1) is 14.6. The number of hydrogen-bond acceptors (Lipinski definition) is 6. The van der Waals surface area contributed by atoms with Gasteiger partial charge in [0, 0.05) is 37.6 Å². The minimum atomic E-state index is -0.569. The maximum Gasteiger partial charge on any atom is 0.253 e. The molecule has 156 valence electrons. The number of nitrogens with zero attached hydrogens (tertiary/aromatic N) is 1. The molecule has 3 heterocycles. The van der Waals surface area contributed by atoms with Crippen molar-refractivity contribution in [3.8, 4) is 23.0 Å². The highest BCUT2D eigenvalue weighted by molar-refractivity contribution is 6.00. The minimum Gasteiger partial charge on any atom is -0.494 e. The summed E-state index contributed by atoms with van der Waals surface area (Å²) in [5.74, 6) is 2.55. The lowest BCUT2D eigenvalue weighted by atomic mass is 9.82. The normalized spacial score (nSPS) is 18.7. The second kappa shape index (κ2) is 7.23. The van der Waals surface area contributed by atoms with E-state index in [9.17, 15) is 9.59 Å². The Morgan fingerprint density at radius 3 is 2.67 bits per heavy atom. The van der Waals surface area contributed by atoms with Gasteiger partial charge in [-0.15, -0.1) is 0 Å². The second-order valence-electron chi connectivity index (χ2n) is 7.84. The number of Topliss-reactive ketones (excluding diaryl/α,β-unsaturated/α-hetero) is 1. The van der Waals surface area contributed by atoms with Gasteiger partial charge in [-0.25, -0.2) is 0 Å². The van der Waals surface area contributed by atoms with E-state index in [0.717, 1.165) is 0 Å². The van der Waals surface area contributed by atoms with Crippen LogP contribution in [0.3, 0.4) is 0 Å². The van der Waals surface area contributed by atoms with Crippen LogP contribution in [0, 0.1) is 0 Å². The number of piperidine rings is 1. The lowest BCUT2D eigenvalue weighted by Gasteiger charge is -2.44. The molecule has 0 bridgehead atoms. The fraction of sp³-hybridized carbons (Fsp3) is 0.391. The van der Waals surface area contributed by atoms with Crippen molar-refractivity contribution < 1.29 is 28.5 Å². The molecule has 5 rings (SSSR count). The third-order valence-electron chi connectivity index (χ3n) is 5.96. The van der Waals surface area contributed by atoms with Crippen LogP contribution in [0.5, 0.6) is 23.0 Å². The van der Waals surface area contributed by atoms with E-state index in [0.29, 0.717) is 73.1 Å². The van der Waals surface area contributed by atoms with Gasteiger partial charge in [0.05, 0.1) is 18.6 Å². The summed E-state index contributed by atoms with van der Waals surface area (Å²) in [6.07, 6.45) is 1.54. The Morgan fingerprint density at radius 2 is 1.87 bits per heavy atom. The van der Waals surface area contributed by atoms with Crippen molar-refractivity contribution in [1.29, 1.82) is 0 Å². The number of benzene rings is 2. The van der Waals surface area contributed by atoms with E-state index < -0.39 is 5.60 Å². The third-order valence-corrected chi connectivity index (χ3v) is 5.96. The first-order valence-corrected chi connectivity index (χ1v) is 10.2. The molecule has 0 unspecified atom stereocenters. The van der Waals surface area contributed by atoms with Crippen molar-refractivity contribution in [3.05, 3.63) is 47.5 Å². The van der Waals surface area contributed by atoms with Crippen LogP contribution >= 0.6 is 0 Å². The van der Waals surface area contributed by atoms with Gasteiger partial charge in [-0.05, 0) is 37.3 Å². The Balaban J connectivity index is 1.30. The van der Waals surface area contributed by atoms with Crippen molar-refractivity contribution in [2.45, 2.75) is 31.8 Å². The fourth-order valence-corrected chi connectivity index (χ4v) is 4.34. The molecule has 3 aliphatic heterocycles. The number of hydrogen-bond donors (Lipinski definition) is 0. The van der Waals surface area contributed by atoms with Crippen LogP contribution in [0.4, 0.5) is 0 Å². The van der Waals surface area contributed by atoms with E-state index in [4.69, 9.17) is 18.9 Å². The van der Waals surface area contributed by atoms with Crippen molar-refractivity contribution >= 4 is 11.7 Å². The minimum absolute atomic E-state index is 0.0516. The SMILES string of the molecule is CCOc1ccc2c(c1)OC1(CCN(C(=O)c3ccc4c(c3)OCO4)CC1)CC2=O. The van der Waals surface area contributed by atoms with Crippen LogP contribution in [0.2, 0.25) is 0 Å². The van der Waals surface area contributed by atoms with Gasteiger partial charge in [0.25, 0.3) is 5.91 Å². The van der Waals surface area contributed by atoms with Crippen LogP contribution < -0.4 is 18.9 Å². The summed E-state index contributed by atoms with van der Waals surface area (Å²) < 4.78 is 22.6. The van der Waals surface area contributed by atoms with E-state index in [-0.39, 0.29) is 18.5 Å². The number of amides is 1. The number of rotatable bonds is 3. The maximum atomic E-state index is 13.0. The van der Waals surface area contributed by atoms with Crippen molar-refractivity contribution in [2.24, 2.45) is 0 Å². The Kier molecular flexibility index (Phi) is 4.53. The molecule has 0 radical (unpaired) electrons. The third kappa shape index (κ3) is 3.24. The van der Waals surface area contributed by atoms with Crippen LogP contribution in [0.1, 0.15) is 46.9 Å². The van der Waals surface area contributed by atoms with E-state index in [1.807, 2.05) is 11.8 Å². The number of carbonyl (C=O) groups excluding carboxylic acids is 2. The molecule has 3 aliphatic rings. The molecule has 2 aromatic carbocycles. The number of fused-ring (bicyclic) bond motifs is 2. The molecule has 1 spiro atoms. The molecule has 1 amide bonds. The van der Waals surface area contributed by atoms with Gasteiger partial charge in [-0.2, -0.15) is 0 Å². The number of likely N-dealkylation sites (tertiary alicyclic amines) is 1. The highest BCUT2D eigenvalue weighted by atomic mass is 16.7.